The lowest BCUT2D eigenvalue weighted by Crippen LogP contribution is -2.33. The molecule has 0 bridgehead atoms. The van der Waals surface area contributed by atoms with E-state index in [1.54, 1.807) is 13.3 Å². The fourth-order valence-corrected chi connectivity index (χ4v) is 2.95. The molecular formula is C14H18ClN3O2S. The fourth-order valence-electron chi connectivity index (χ4n) is 1.87. The first-order valence-electron chi connectivity index (χ1n) is 6.62. The number of nitrogens with one attached hydrogen (secondary N) is 3. The molecule has 0 unspecified atom stereocenters. The molecule has 114 valence electrons. The molecule has 3 N–H and O–H groups in total. The van der Waals surface area contributed by atoms with Crippen molar-refractivity contribution in [3.63, 3.8) is 0 Å². The van der Waals surface area contributed by atoms with Crippen molar-refractivity contribution in [3.8, 4) is 10.4 Å². The Bertz CT molecular complexity index is 582. The maximum atomic E-state index is 12.2. The zero-order chi connectivity index (χ0) is 15.1. The van der Waals surface area contributed by atoms with E-state index in [1.807, 2.05) is 18.3 Å². The topological polar surface area (TPSA) is 66.2 Å². The van der Waals surface area contributed by atoms with Crippen molar-refractivity contribution in [2.75, 3.05) is 33.4 Å². The predicted molar refractivity (Wildman–Crippen MR) is 86.2 cm³/mol. The lowest BCUT2D eigenvalue weighted by molar-refractivity contribution is 0.0954. The van der Waals surface area contributed by atoms with Crippen LogP contribution in [0.15, 0.2) is 24.5 Å². The number of hydrogen-bond donors (Lipinski definition) is 3. The van der Waals surface area contributed by atoms with Crippen LogP contribution in [0, 0.1) is 0 Å². The lowest BCUT2D eigenvalue weighted by Gasteiger charge is -2.06. The second-order valence-corrected chi connectivity index (χ2v) is 6.10. The van der Waals surface area contributed by atoms with Crippen LogP contribution < -0.4 is 10.6 Å². The number of methoxy groups -OCH3 is 1. The average molecular weight is 328 g/mol. The molecule has 0 aliphatic rings. The van der Waals surface area contributed by atoms with Gasteiger partial charge in [0.05, 0.1) is 16.5 Å². The summed E-state index contributed by atoms with van der Waals surface area (Å²) < 4.78 is 5.64. The zero-order valence-corrected chi connectivity index (χ0v) is 13.3. The first-order chi connectivity index (χ1) is 10.2. The highest BCUT2D eigenvalue weighted by atomic mass is 35.5. The van der Waals surface area contributed by atoms with Crippen LogP contribution in [0.2, 0.25) is 4.34 Å². The van der Waals surface area contributed by atoms with Crippen LogP contribution in [0.5, 0.6) is 0 Å². The summed E-state index contributed by atoms with van der Waals surface area (Å²) >= 11 is 7.40. The van der Waals surface area contributed by atoms with Gasteiger partial charge < -0.3 is 20.4 Å². The van der Waals surface area contributed by atoms with Crippen molar-refractivity contribution in [2.45, 2.75) is 0 Å². The molecule has 0 aliphatic carbocycles. The number of hydrogen-bond acceptors (Lipinski definition) is 4. The second-order valence-electron chi connectivity index (χ2n) is 4.39. The van der Waals surface area contributed by atoms with E-state index in [1.165, 1.54) is 11.3 Å². The molecule has 2 rings (SSSR count). The highest BCUT2D eigenvalue weighted by molar-refractivity contribution is 7.19. The van der Waals surface area contributed by atoms with Gasteiger partial charge in [-0.25, -0.2) is 0 Å². The number of amides is 1. The Morgan fingerprint density at radius 2 is 2.19 bits per heavy atom. The third kappa shape index (κ3) is 4.57. The third-order valence-electron chi connectivity index (χ3n) is 2.90. The standard InChI is InChI=1S/C14H18ClN3O2S/c1-20-7-6-16-4-5-18-14(19)11-9-17-8-10(11)12-2-3-13(15)21-12/h2-3,8-9,16-17H,4-7H2,1H3,(H,18,19). The van der Waals surface area contributed by atoms with E-state index in [4.69, 9.17) is 16.3 Å². The maximum absolute atomic E-state index is 12.2. The average Bonchev–Trinajstić information content (AvgIpc) is 3.10. The molecule has 0 saturated carbocycles. The summed E-state index contributed by atoms with van der Waals surface area (Å²) in [6.07, 6.45) is 3.52. The molecule has 0 spiro atoms. The molecule has 0 aromatic carbocycles. The lowest BCUT2D eigenvalue weighted by atomic mass is 10.1. The molecule has 0 fully saturated rings. The highest BCUT2D eigenvalue weighted by Gasteiger charge is 2.14. The third-order valence-corrected chi connectivity index (χ3v) is 4.16. The molecule has 2 heterocycles. The summed E-state index contributed by atoms with van der Waals surface area (Å²) in [5.41, 5.74) is 1.50. The van der Waals surface area contributed by atoms with Gasteiger partial charge in [0.1, 0.15) is 0 Å². The molecule has 0 atom stereocenters. The van der Waals surface area contributed by atoms with Crippen LogP contribution >= 0.6 is 22.9 Å². The van der Waals surface area contributed by atoms with Gasteiger partial charge in [-0.2, -0.15) is 0 Å². The van der Waals surface area contributed by atoms with Gasteiger partial charge in [-0.1, -0.05) is 11.6 Å². The summed E-state index contributed by atoms with van der Waals surface area (Å²) in [5.74, 6) is -0.0932. The van der Waals surface area contributed by atoms with Gasteiger partial charge in [0.25, 0.3) is 5.91 Å². The molecule has 2 aromatic rings. The first-order valence-corrected chi connectivity index (χ1v) is 7.82. The molecule has 0 aliphatic heterocycles. The minimum absolute atomic E-state index is 0.0932. The van der Waals surface area contributed by atoms with E-state index >= 15 is 0 Å². The van der Waals surface area contributed by atoms with Crippen LogP contribution in [0.3, 0.4) is 0 Å². The van der Waals surface area contributed by atoms with Crippen LogP contribution in [-0.2, 0) is 4.74 Å². The number of aromatic nitrogens is 1. The number of aromatic amines is 1. The molecule has 1 amide bonds. The zero-order valence-electron chi connectivity index (χ0n) is 11.7. The van der Waals surface area contributed by atoms with Crippen LogP contribution in [0.1, 0.15) is 10.4 Å². The Morgan fingerprint density at radius 1 is 1.33 bits per heavy atom. The van der Waals surface area contributed by atoms with E-state index in [9.17, 15) is 4.79 Å². The predicted octanol–water partition coefficient (Wildman–Crippen LogP) is 2.36. The number of carbonyl (C=O) groups excluding carboxylic acids is 1. The van der Waals surface area contributed by atoms with Gasteiger partial charge in [-0.3, -0.25) is 4.79 Å². The summed E-state index contributed by atoms with van der Waals surface area (Å²) in [5, 5.41) is 6.06. The van der Waals surface area contributed by atoms with Gasteiger partial charge in [-0.15, -0.1) is 11.3 Å². The number of ether oxygens (including phenoxy) is 1. The van der Waals surface area contributed by atoms with Gasteiger partial charge in [0.2, 0.25) is 0 Å². The number of thiophene rings is 1. The van der Waals surface area contributed by atoms with E-state index < -0.39 is 0 Å². The number of rotatable bonds is 8. The monoisotopic (exact) mass is 327 g/mol. The largest absolute Gasteiger partial charge is 0.383 e. The van der Waals surface area contributed by atoms with Crippen molar-refractivity contribution in [1.82, 2.24) is 15.6 Å². The Kier molecular flexibility index (Phi) is 6.25. The van der Waals surface area contributed by atoms with Crippen LogP contribution in [0.25, 0.3) is 10.4 Å². The number of carbonyl (C=O) groups is 1. The normalized spacial score (nSPS) is 10.8. The summed E-state index contributed by atoms with van der Waals surface area (Å²) in [6, 6.07) is 3.75. The molecule has 5 nitrogen and oxygen atoms in total. The minimum Gasteiger partial charge on any atom is -0.383 e. The molecule has 7 heteroatoms. The van der Waals surface area contributed by atoms with Gasteiger partial charge >= 0.3 is 0 Å². The van der Waals surface area contributed by atoms with E-state index in [0.29, 0.717) is 29.6 Å². The van der Waals surface area contributed by atoms with Crippen molar-refractivity contribution >= 4 is 28.8 Å². The number of halogens is 1. The smallest absolute Gasteiger partial charge is 0.253 e. The Labute approximate surface area is 132 Å². The van der Waals surface area contributed by atoms with Gasteiger partial charge in [0, 0.05) is 49.6 Å². The Balaban J connectivity index is 1.87. The molecule has 21 heavy (non-hydrogen) atoms. The van der Waals surface area contributed by atoms with Crippen LogP contribution in [-0.4, -0.2) is 44.2 Å². The van der Waals surface area contributed by atoms with E-state index in [-0.39, 0.29) is 5.91 Å². The summed E-state index contributed by atoms with van der Waals surface area (Å²) in [6.45, 7) is 2.71. The molecule has 0 radical (unpaired) electrons. The minimum atomic E-state index is -0.0932. The molecule has 0 saturated heterocycles. The SMILES string of the molecule is COCCNCCNC(=O)c1c[nH]cc1-c1ccc(Cl)s1. The van der Waals surface area contributed by atoms with Crippen molar-refractivity contribution < 1.29 is 9.53 Å². The maximum Gasteiger partial charge on any atom is 0.253 e. The Morgan fingerprint density at radius 3 is 2.90 bits per heavy atom. The quantitative estimate of drug-likeness (QED) is 0.652. The van der Waals surface area contributed by atoms with Crippen molar-refractivity contribution in [2.24, 2.45) is 0 Å². The van der Waals surface area contributed by atoms with E-state index in [2.05, 4.69) is 15.6 Å². The summed E-state index contributed by atoms with van der Waals surface area (Å²) in [7, 11) is 1.66. The second kappa shape index (κ2) is 8.19. The molecular weight excluding hydrogens is 310 g/mol. The van der Waals surface area contributed by atoms with Gasteiger partial charge in [0.15, 0.2) is 0 Å². The van der Waals surface area contributed by atoms with E-state index in [0.717, 1.165) is 17.0 Å². The highest BCUT2D eigenvalue weighted by Crippen LogP contribution is 2.32. The number of H-pyrrole nitrogens is 1. The van der Waals surface area contributed by atoms with Crippen molar-refractivity contribution in [1.29, 1.82) is 0 Å². The van der Waals surface area contributed by atoms with Gasteiger partial charge in [-0.05, 0) is 12.1 Å². The first kappa shape index (κ1) is 16.0. The molecule has 2 aromatic heterocycles. The van der Waals surface area contributed by atoms with Crippen LogP contribution in [0.4, 0.5) is 0 Å². The Hall–Kier alpha value is -1.34. The van der Waals surface area contributed by atoms with Crippen molar-refractivity contribution in [3.05, 3.63) is 34.4 Å². The summed E-state index contributed by atoms with van der Waals surface area (Å²) in [4.78, 5) is 16.1. The fraction of sp³-hybridized carbons (Fsp3) is 0.357.